The summed E-state index contributed by atoms with van der Waals surface area (Å²) >= 11 is 6.03. The van der Waals surface area contributed by atoms with E-state index >= 15 is 0 Å². The molecule has 0 radical (unpaired) electrons. The fraction of sp³-hybridized carbons (Fsp3) is 0.333. The van der Waals surface area contributed by atoms with Gasteiger partial charge in [-0.15, -0.1) is 0 Å². The van der Waals surface area contributed by atoms with Crippen LogP contribution in [0.3, 0.4) is 0 Å². The predicted molar refractivity (Wildman–Crippen MR) is 128 cm³/mol. The number of sulfonamides is 1. The van der Waals surface area contributed by atoms with E-state index in [-0.39, 0.29) is 23.2 Å². The lowest BCUT2D eigenvalue weighted by atomic mass is 10.2. The third-order valence-corrected chi connectivity index (χ3v) is 6.82. The van der Waals surface area contributed by atoms with Crippen molar-refractivity contribution in [2.24, 2.45) is 5.92 Å². The standard InChI is InChI=1S/C24H27ClN2O5S/c1-2-32-24(29)15-16-27(17-19-7-8-19)23(28)14-11-18-9-12-20(13-10-18)33(30,31)26-22-6-4-3-5-21(22)25/h3-6,9-14,19,26H,2,7-8,15-17H2,1H3/b14-11+. The van der Waals surface area contributed by atoms with Gasteiger partial charge in [-0.1, -0.05) is 35.9 Å². The molecule has 0 spiro atoms. The van der Waals surface area contributed by atoms with Gasteiger partial charge >= 0.3 is 5.97 Å². The number of rotatable bonds is 11. The molecule has 2 aromatic rings. The first kappa shape index (κ1) is 24.8. The molecule has 0 heterocycles. The van der Waals surface area contributed by atoms with E-state index in [1.54, 1.807) is 54.3 Å². The molecular formula is C24H27ClN2O5S. The Kier molecular flexibility index (Phi) is 8.52. The molecular weight excluding hydrogens is 464 g/mol. The maximum Gasteiger partial charge on any atom is 0.307 e. The van der Waals surface area contributed by atoms with E-state index in [0.29, 0.717) is 41.9 Å². The number of amides is 1. The normalized spacial score (nSPS) is 13.6. The number of esters is 1. The monoisotopic (exact) mass is 490 g/mol. The van der Waals surface area contributed by atoms with Crippen LogP contribution in [0.2, 0.25) is 5.02 Å². The SMILES string of the molecule is CCOC(=O)CCN(CC1CC1)C(=O)/C=C/c1ccc(S(=O)(=O)Nc2ccccc2Cl)cc1. The number of nitrogens with one attached hydrogen (secondary N) is 1. The third kappa shape index (κ3) is 7.61. The summed E-state index contributed by atoms with van der Waals surface area (Å²) in [6.45, 7) is 2.99. The molecule has 33 heavy (non-hydrogen) atoms. The van der Waals surface area contributed by atoms with Gasteiger partial charge in [0.2, 0.25) is 5.91 Å². The molecule has 0 saturated heterocycles. The van der Waals surface area contributed by atoms with Gasteiger partial charge in [-0.05, 0) is 61.6 Å². The van der Waals surface area contributed by atoms with Gasteiger partial charge in [0.05, 0.1) is 28.6 Å². The van der Waals surface area contributed by atoms with Crippen LogP contribution in [-0.4, -0.2) is 44.9 Å². The first-order chi connectivity index (χ1) is 15.8. The highest BCUT2D eigenvalue weighted by Crippen LogP contribution is 2.30. The predicted octanol–water partition coefficient (Wildman–Crippen LogP) is 4.35. The maximum absolute atomic E-state index is 12.7. The average Bonchev–Trinajstić information content (AvgIpc) is 3.61. The first-order valence-electron chi connectivity index (χ1n) is 10.8. The van der Waals surface area contributed by atoms with Gasteiger partial charge in [0, 0.05) is 19.2 Å². The second kappa shape index (κ2) is 11.3. The van der Waals surface area contributed by atoms with Crippen molar-refractivity contribution < 1.29 is 22.7 Å². The Labute approximate surface area is 199 Å². The number of hydrogen-bond donors (Lipinski definition) is 1. The molecule has 0 unspecified atom stereocenters. The minimum absolute atomic E-state index is 0.0793. The van der Waals surface area contributed by atoms with Crippen LogP contribution in [0.4, 0.5) is 5.69 Å². The largest absolute Gasteiger partial charge is 0.466 e. The summed E-state index contributed by atoms with van der Waals surface area (Å²) in [6, 6.07) is 12.8. The fourth-order valence-corrected chi connectivity index (χ4v) is 4.46. The highest BCUT2D eigenvalue weighted by molar-refractivity contribution is 7.92. The third-order valence-electron chi connectivity index (χ3n) is 5.11. The number of anilines is 1. The fourth-order valence-electron chi connectivity index (χ4n) is 3.14. The Morgan fingerprint density at radius 3 is 2.48 bits per heavy atom. The number of halogens is 1. The topological polar surface area (TPSA) is 92.8 Å². The number of ether oxygens (including phenoxy) is 1. The van der Waals surface area contributed by atoms with Crippen molar-refractivity contribution in [1.82, 2.24) is 4.90 Å². The zero-order chi connectivity index (χ0) is 23.8. The molecule has 9 heteroatoms. The molecule has 1 N–H and O–H groups in total. The summed E-state index contributed by atoms with van der Waals surface area (Å²) in [5.74, 6) is -0.0276. The highest BCUT2D eigenvalue weighted by Gasteiger charge is 2.26. The molecule has 1 amide bonds. The van der Waals surface area contributed by atoms with E-state index in [0.717, 1.165) is 12.8 Å². The molecule has 0 atom stereocenters. The van der Waals surface area contributed by atoms with E-state index in [1.807, 2.05) is 0 Å². The lowest BCUT2D eigenvalue weighted by molar-refractivity contribution is -0.143. The number of carbonyl (C=O) groups excluding carboxylic acids is 2. The molecule has 0 aliphatic heterocycles. The van der Waals surface area contributed by atoms with Crippen LogP contribution in [0.5, 0.6) is 0 Å². The molecule has 7 nitrogen and oxygen atoms in total. The van der Waals surface area contributed by atoms with Gasteiger partial charge in [0.1, 0.15) is 0 Å². The smallest absolute Gasteiger partial charge is 0.307 e. The Bertz CT molecular complexity index is 1110. The average molecular weight is 491 g/mol. The van der Waals surface area contributed by atoms with Crippen molar-refractivity contribution in [2.45, 2.75) is 31.1 Å². The van der Waals surface area contributed by atoms with Crippen LogP contribution >= 0.6 is 11.6 Å². The summed E-state index contributed by atoms with van der Waals surface area (Å²) in [5.41, 5.74) is 0.976. The number of benzene rings is 2. The second-order valence-electron chi connectivity index (χ2n) is 7.77. The van der Waals surface area contributed by atoms with Crippen molar-refractivity contribution in [3.05, 3.63) is 65.2 Å². The van der Waals surface area contributed by atoms with E-state index in [9.17, 15) is 18.0 Å². The quantitative estimate of drug-likeness (QED) is 0.373. The Morgan fingerprint density at radius 2 is 1.85 bits per heavy atom. The van der Waals surface area contributed by atoms with Crippen LogP contribution in [0.1, 0.15) is 31.7 Å². The molecule has 1 fully saturated rings. The second-order valence-corrected chi connectivity index (χ2v) is 9.86. The van der Waals surface area contributed by atoms with Crippen LogP contribution < -0.4 is 4.72 Å². The number of nitrogens with zero attached hydrogens (tertiary/aromatic N) is 1. The summed E-state index contributed by atoms with van der Waals surface area (Å²) in [7, 11) is -3.80. The van der Waals surface area contributed by atoms with Crippen molar-refractivity contribution in [1.29, 1.82) is 0 Å². The number of para-hydroxylation sites is 1. The Balaban J connectivity index is 1.63. The summed E-state index contributed by atoms with van der Waals surface area (Å²) in [4.78, 5) is 26.1. The van der Waals surface area contributed by atoms with Crippen molar-refractivity contribution >= 4 is 45.3 Å². The maximum atomic E-state index is 12.7. The molecule has 1 saturated carbocycles. The highest BCUT2D eigenvalue weighted by atomic mass is 35.5. The molecule has 1 aliphatic carbocycles. The number of carbonyl (C=O) groups is 2. The molecule has 1 aliphatic rings. The van der Waals surface area contributed by atoms with Crippen LogP contribution in [0.15, 0.2) is 59.5 Å². The van der Waals surface area contributed by atoms with Crippen molar-refractivity contribution in [3.8, 4) is 0 Å². The van der Waals surface area contributed by atoms with E-state index in [2.05, 4.69) is 4.72 Å². The van der Waals surface area contributed by atoms with Crippen LogP contribution in [0, 0.1) is 5.92 Å². The molecule has 3 rings (SSSR count). The minimum Gasteiger partial charge on any atom is -0.466 e. The van der Waals surface area contributed by atoms with E-state index in [4.69, 9.17) is 16.3 Å². The van der Waals surface area contributed by atoms with Gasteiger partial charge in [-0.25, -0.2) is 8.42 Å². The first-order valence-corrected chi connectivity index (χ1v) is 12.6. The van der Waals surface area contributed by atoms with Gasteiger partial charge in [-0.2, -0.15) is 0 Å². The Hall–Kier alpha value is -2.84. The molecule has 176 valence electrons. The van der Waals surface area contributed by atoms with Gasteiger partial charge in [0.15, 0.2) is 0 Å². The summed E-state index contributed by atoms with van der Waals surface area (Å²) in [5, 5.41) is 0.304. The van der Waals surface area contributed by atoms with E-state index < -0.39 is 10.0 Å². The Morgan fingerprint density at radius 1 is 1.15 bits per heavy atom. The van der Waals surface area contributed by atoms with Crippen molar-refractivity contribution in [3.63, 3.8) is 0 Å². The molecule has 0 aromatic heterocycles. The summed E-state index contributed by atoms with van der Waals surface area (Å²) in [6.07, 6.45) is 5.41. The minimum atomic E-state index is -3.80. The lowest BCUT2D eigenvalue weighted by Gasteiger charge is -2.20. The lowest BCUT2D eigenvalue weighted by Crippen LogP contribution is -2.33. The van der Waals surface area contributed by atoms with Gasteiger partial charge in [0.25, 0.3) is 10.0 Å². The van der Waals surface area contributed by atoms with E-state index in [1.165, 1.54) is 18.2 Å². The van der Waals surface area contributed by atoms with Crippen LogP contribution in [-0.2, 0) is 24.3 Å². The zero-order valence-electron chi connectivity index (χ0n) is 18.4. The van der Waals surface area contributed by atoms with Crippen molar-refractivity contribution in [2.75, 3.05) is 24.4 Å². The molecule has 2 aromatic carbocycles. The number of hydrogen-bond acceptors (Lipinski definition) is 5. The zero-order valence-corrected chi connectivity index (χ0v) is 19.9. The summed E-state index contributed by atoms with van der Waals surface area (Å²) < 4.78 is 32.6. The van der Waals surface area contributed by atoms with Gasteiger partial charge in [-0.3, -0.25) is 14.3 Å². The molecule has 0 bridgehead atoms. The van der Waals surface area contributed by atoms with Gasteiger partial charge < -0.3 is 9.64 Å². The van der Waals surface area contributed by atoms with Crippen LogP contribution in [0.25, 0.3) is 6.08 Å².